The molecule has 2 N–H and O–H groups in total. The van der Waals surface area contributed by atoms with E-state index in [2.05, 4.69) is 31.2 Å². The third kappa shape index (κ3) is 8.14. The van der Waals surface area contributed by atoms with E-state index in [1.54, 1.807) is 11.8 Å². The first-order valence-corrected chi connectivity index (χ1v) is 6.28. The monoisotopic (exact) mass is 211 g/mol. The van der Waals surface area contributed by atoms with Crippen molar-refractivity contribution in [2.45, 2.75) is 32.2 Å². The Hall–Kier alpha value is -0.470. The molecule has 0 aromatic carbocycles. The van der Waals surface area contributed by atoms with E-state index in [-0.39, 0.29) is 6.04 Å². The topological polar surface area (TPSA) is 26.0 Å². The second kappa shape index (κ2) is 9.10. The van der Waals surface area contributed by atoms with Crippen molar-refractivity contribution in [2.75, 3.05) is 6.26 Å². The van der Waals surface area contributed by atoms with E-state index < -0.39 is 0 Å². The van der Waals surface area contributed by atoms with Gasteiger partial charge in [-0.05, 0) is 30.9 Å². The van der Waals surface area contributed by atoms with Gasteiger partial charge in [0.1, 0.15) is 0 Å². The SMILES string of the molecule is C=C(/C=C\C(N)CC)CC/C=C\SC. The van der Waals surface area contributed by atoms with Gasteiger partial charge in [0.15, 0.2) is 0 Å². The molecule has 0 aliphatic heterocycles. The Morgan fingerprint density at radius 2 is 2.29 bits per heavy atom. The Morgan fingerprint density at radius 3 is 2.86 bits per heavy atom. The van der Waals surface area contributed by atoms with Gasteiger partial charge in [-0.1, -0.05) is 37.3 Å². The normalized spacial score (nSPS) is 13.9. The van der Waals surface area contributed by atoms with Crippen molar-refractivity contribution in [1.82, 2.24) is 0 Å². The van der Waals surface area contributed by atoms with Crippen LogP contribution in [0.15, 0.2) is 35.8 Å². The zero-order valence-electron chi connectivity index (χ0n) is 9.20. The number of thioether (sulfide) groups is 1. The Balaban J connectivity index is 3.65. The van der Waals surface area contributed by atoms with Crippen LogP contribution >= 0.6 is 11.8 Å². The number of rotatable bonds is 7. The van der Waals surface area contributed by atoms with Crippen LogP contribution in [0.3, 0.4) is 0 Å². The highest BCUT2D eigenvalue weighted by molar-refractivity contribution is 8.01. The molecular formula is C12H21NS. The quantitative estimate of drug-likeness (QED) is 0.652. The van der Waals surface area contributed by atoms with Crippen LogP contribution in [0.25, 0.3) is 0 Å². The highest BCUT2D eigenvalue weighted by Gasteiger charge is 1.91. The molecule has 0 aromatic rings. The summed E-state index contributed by atoms with van der Waals surface area (Å²) in [5.74, 6) is 0. The van der Waals surface area contributed by atoms with E-state index in [4.69, 9.17) is 5.73 Å². The Morgan fingerprint density at radius 1 is 1.57 bits per heavy atom. The van der Waals surface area contributed by atoms with Crippen molar-refractivity contribution in [3.8, 4) is 0 Å². The molecule has 0 heterocycles. The summed E-state index contributed by atoms with van der Waals surface area (Å²) < 4.78 is 0. The van der Waals surface area contributed by atoms with Crippen molar-refractivity contribution >= 4 is 11.8 Å². The molecule has 14 heavy (non-hydrogen) atoms. The van der Waals surface area contributed by atoms with Gasteiger partial charge >= 0.3 is 0 Å². The summed E-state index contributed by atoms with van der Waals surface area (Å²) in [7, 11) is 0. The maximum atomic E-state index is 5.75. The van der Waals surface area contributed by atoms with Gasteiger partial charge in [-0.2, -0.15) is 0 Å². The van der Waals surface area contributed by atoms with E-state index in [1.807, 2.05) is 12.2 Å². The Bertz CT molecular complexity index is 206. The molecule has 80 valence electrons. The van der Waals surface area contributed by atoms with Crippen LogP contribution in [-0.2, 0) is 0 Å². The van der Waals surface area contributed by atoms with Gasteiger partial charge in [0.25, 0.3) is 0 Å². The lowest BCUT2D eigenvalue weighted by atomic mass is 10.1. The van der Waals surface area contributed by atoms with Crippen molar-refractivity contribution in [1.29, 1.82) is 0 Å². The van der Waals surface area contributed by atoms with Crippen LogP contribution in [0, 0.1) is 0 Å². The summed E-state index contributed by atoms with van der Waals surface area (Å²) in [6.45, 7) is 6.06. The zero-order valence-corrected chi connectivity index (χ0v) is 10.0. The molecule has 0 aliphatic rings. The van der Waals surface area contributed by atoms with Gasteiger partial charge in [0.2, 0.25) is 0 Å². The fourth-order valence-corrected chi connectivity index (χ4v) is 1.24. The lowest BCUT2D eigenvalue weighted by molar-refractivity contribution is 0.781. The lowest BCUT2D eigenvalue weighted by Crippen LogP contribution is -2.14. The second-order valence-corrected chi connectivity index (χ2v) is 3.98. The van der Waals surface area contributed by atoms with Crippen molar-refractivity contribution in [3.05, 3.63) is 35.8 Å². The summed E-state index contributed by atoms with van der Waals surface area (Å²) in [6, 6.07) is 0.175. The lowest BCUT2D eigenvalue weighted by Gasteiger charge is -2.01. The van der Waals surface area contributed by atoms with E-state index in [1.165, 1.54) is 0 Å². The molecule has 0 bridgehead atoms. The van der Waals surface area contributed by atoms with E-state index in [0.717, 1.165) is 24.8 Å². The zero-order chi connectivity index (χ0) is 10.8. The molecule has 1 unspecified atom stereocenters. The summed E-state index contributed by atoms with van der Waals surface area (Å²) in [5.41, 5.74) is 6.90. The largest absolute Gasteiger partial charge is 0.324 e. The predicted molar refractivity (Wildman–Crippen MR) is 68.4 cm³/mol. The average molecular weight is 211 g/mol. The molecule has 0 saturated heterocycles. The smallest absolute Gasteiger partial charge is 0.0224 e. The Labute approximate surface area is 92.1 Å². The van der Waals surface area contributed by atoms with Crippen LogP contribution in [0.5, 0.6) is 0 Å². The summed E-state index contributed by atoms with van der Waals surface area (Å²) in [4.78, 5) is 0. The van der Waals surface area contributed by atoms with Gasteiger partial charge in [0, 0.05) is 6.04 Å². The molecule has 0 radical (unpaired) electrons. The molecule has 1 atom stereocenters. The van der Waals surface area contributed by atoms with Crippen LogP contribution < -0.4 is 5.73 Å². The van der Waals surface area contributed by atoms with Gasteiger partial charge in [-0.3, -0.25) is 0 Å². The number of nitrogens with two attached hydrogens (primary N) is 1. The van der Waals surface area contributed by atoms with E-state index in [0.29, 0.717) is 0 Å². The van der Waals surface area contributed by atoms with Gasteiger partial charge in [-0.15, -0.1) is 11.8 Å². The minimum Gasteiger partial charge on any atom is -0.324 e. The first-order valence-electron chi connectivity index (χ1n) is 5.00. The van der Waals surface area contributed by atoms with Crippen molar-refractivity contribution in [3.63, 3.8) is 0 Å². The molecule has 1 nitrogen and oxygen atoms in total. The molecule has 0 amide bonds. The van der Waals surface area contributed by atoms with Gasteiger partial charge in [-0.25, -0.2) is 0 Å². The average Bonchev–Trinajstić information content (AvgIpc) is 2.21. The summed E-state index contributed by atoms with van der Waals surface area (Å²) in [5, 5.41) is 2.11. The van der Waals surface area contributed by atoms with Gasteiger partial charge < -0.3 is 5.73 Å². The van der Waals surface area contributed by atoms with E-state index >= 15 is 0 Å². The standard InChI is InChI=1S/C12H21NS/c1-4-12(13)9-8-11(2)7-5-6-10-14-3/h6,8-10,12H,2,4-5,7,13H2,1,3H3/b9-8-,10-6-. The highest BCUT2D eigenvalue weighted by atomic mass is 32.2. The summed E-state index contributed by atoms with van der Waals surface area (Å²) >= 11 is 1.73. The summed E-state index contributed by atoms with van der Waals surface area (Å²) in [6.07, 6.45) is 11.4. The van der Waals surface area contributed by atoms with Gasteiger partial charge in [0.05, 0.1) is 0 Å². The minimum absolute atomic E-state index is 0.175. The first-order chi connectivity index (χ1) is 6.70. The predicted octanol–water partition coefficient (Wildman–Crippen LogP) is 3.49. The second-order valence-electron chi connectivity index (χ2n) is 3.24. The molecule has 0 aliphatic carbocycles. The van der Waals surface area contributed by atoms with Crippen molar-refractivity contribution in [2.24, 2.45) is 5.73 Å². The highest BCUT2D eigenvalue weighted by Crippen LogP contribution is 2.07. The third-order valence-electron chi connectivity index (χ3n) is 1.91. The molecule has 0 rings (SSSR count). The van der Waals surface area contributed by atoms with Crippen molar-refractivity contribution < 1.29 is 0 Å². The number of hydrogen-bond donors (Lipinski definition) is 1. The molecule has 2 heteroatoms. The molecule has 0 spiro atoms. The minimum atomic E-state index is 0.175. The maximum Gasteiger partial charge on any atom is 0.0224 e. The molecular weight excluding hydrogens is 190 g/mol. The van der Waals surface area contributed by atoms with Crippen LogP contribution in [-0.4, -0.2) is 12.3 Å². The number of hydrogen-bond acceptors (Lipinski definition) is 2. The molecule has 0 aromatic heterocycles. The van der Waals surface area contributed by atoms with Crippen LogP contribution in [0.4, 0.5) is 0 Å². The van der Waals surface area contributed by atoms with E-state index in [9.17, 15) is 0 Å². The fourth-order valence-electron chi connectivity index (χ4n) is 0.912. The Kier molecular flexibility index (Phi) is 8.79. The number of allylic oxidation sites excluding steroid dienone is 3. The fraction of sp³-hybridized carbons (Fsp3) is 0.500. The van der Waals surface area contributed by atoms with Crippen LogP contribution in [0.1, 0.15) is 26.2 Å². The first kappa shape index (κ1) is 13.5. The molecule has 0 saturated carbocycles. The molecule has 0 fully saturated rings. The third-order valence-corrected chi connectivity index (χ3v) is 2.38. The maximum absolute atomic E-state index is 5.75. The van der Waals surface area contributed by atoms with Crippen LogP contribution in [0.2, 0.25) is 0 Å².